The highest BCUT2D eigenvalue weighted by atomic mass is 15.0. The summed E-state index contributed by atoms with van der Waals surface area (Å²) < 4.78 is 2.22. The molecular weight excluding hydrogens is 246 g/mol. The largest absolute Gasteiger partial charge is 0.331 e. The van der Waals surface area contributed by atoms with Crippen LogP contribution in [-0.4, -0.2) is 22.6 Å². The van der Waals surface area contributed by atoms with E-state index in [1.807, 2.05) is 12.5 Å². The van der Waals surface area contributed by atoms with Crippen molar-refractivity contribution in [3.63, 3.8) is 0 Å². The van der Waals surface area contributed by atoms with E-state index in [1.54, 1.807) is 5.57 Å². The molecule has 3 nitrogen and oxygen atoms in total. The molecule has 0 amide bonds. The average Bonchev–Trinajstić information content (AvgIpc) is 2.94. The molecule has 0 atom stereocenters. The number of nitrogens with zero attached hydrogens (tertiary/aromatic N) is 2. The molecule has 1 aliphatic carbocycles. The standard InChI is InChI=1S/C17H29N3/c1-3-10-18-12-16(15-8-6-5-7-9-15)11-17-13-19-14-20(17)4-2/h11,13-15,18H,3-10,12H2,1-2H3. The van der Waals surface area contributed by atoms with Crippen LogP contribution in [0.3, 0.4) is 0 Å². The molecular formula is C17H29N3. The number of hydrogen-bond acceptors (Lipinski definition) is 2. The molecule has 0 bridgehead atoms. The van der Waals surface area contributed by atoms with E-state index >= 15 is 0 Å². The zero-order chi connectivity index (χ0) is 14.2. The lowest BCUT2D eigenvalue weighted by atomic mass is 9.83. The number of aryl methyl sites for hydroxylation is 1. The van der Waals surface area contributed by atoms with Crippen molar-refractivity contribution in [1.82, 2.24) is 14.9 Å². The molecule has 1 fully saturated rings. The van der Waals surface area contributed by atoms with Gasteiger partial charge >= 0.3 is 0 Å². The van der Waals surface area contributed by atoms with Crippen molar-refractivity contribution in [2.45, 2.75) is 58.9 Å². The molecule has 1 N–H and O–H groups in total. The minimum atomic E-state index is 0.772. The third kappa shape index (κ3) is 4.20. The van der Waals surface area contributed by atoms with Gasteiger partial charge in [0, 0.05) is 13.1 Å². The Morgan fingerprint density at radius 1 is 1.35 bits per heavy atom. The first-order valence-corrected chi connectivity index (χ1v) is 8.26. The molecule has 1 aliphatic rings. The van der Waals surface area contributed by atoms with Gasteiger partial charge in [-0.1, -0.05) is 31.8 Å². The fraction of sp³-hybridized carbons (Fsp3) is 0.706. The second-order valence-electron chi connectivity index (χ2n) is 5.84. The monoisotopic (exact) mass is 275 g/mol. The fourth-order valence-electron chi connectivity index (χ4n) is 3.10. The van der Waals surface area contributed by atoms with Crippen molar-refractivity contribution in [3.8, 4) is 0 Å². The van der Waals surface area contributed by atoms with Crippen LogP contribution in [0, 0.1) is 5.92 Å². The summed E-state index contributed by atoms with van der Waals surface area (Å²) in [7, 11) is 0. The summed E-state index contributed by atoms with van der Waals surface area (Å²) in [5.74, 6) is 0.772. The molecule has 3 heteroatoms. The SMILES string of the molecule is CCCNCC(=Cc1cncn1CC)C1CCCCC1. The van der Waals surface area contributed by atoms with Gasteiger partial charge in [0.1, 0.15) is 0 Å². The quantitative estimate of drug-likeness (QED) is 0.766. The van der Waals surface area contributed by atoms with Crippen LogP contribution >= 0.6 is 0 Å². The molecule has 0 aliphatic heterocycles. The normalized spacial score (nSPS) is 17.6. The van der Waals surface area contributed by atoms with Crippen LogP contribution in [0.15, 0.2) is 18.1 Å². The maximum Gasteiger partial charge on any atom is 0.0950 e. The number of rotatable bonds is 7. The second-order valence-corrected chi connectivity index (χ2v) is 5.84. The number of aromatic nitrogens is 2. The molecule has 0 spiro atoms. The van der Waals surface area contributed by atoms with Crippen LogP contribution in [0.2, 0.25) is 0 Å². The van der Waals surface area contributed by atoms with E-state index in [2.05, 4.69) is 34.8 Å². The van der Waals surface area contributed by atoms with E-state index in [-0.39, 0.29) is 0 Å². The smallest absolute Gasteiger partial charge is 0.0950 e. The van der Waals surface area contributed by atoms with Gasteiger partial charge in [0.2, 0.25) is 0 Å². The molecule has 1 aromatic rings. The van der Waals surface area contributed by atoms with Gasteiger partial charge in [-0.3, -0.25) is 0 Å². The fourth-order valence-corrected chi connectivity index (χ4v) is 3.10. The topological polar surface area (TPSA) is 29.9 Å². The minimum Gasteiger partial charge on any atom is -0.331 e. The van der Waals surface area contributed by atoms with Crippen LogP contribution in [0.1, 0.15) is 58.1 Å². The lowest BCUT2D eigenvalue weighted by molar-refractivity contribution is 0.396. The Morgan fingerprint density at radius 2 is 2.15 bits per heavy atom. The lowest BCUT2D eigenvalue weighted by Crippen LogP contribution is -2.23. The zero-order valence-corrected chi connectivity index (χ0v) is 13.1. The molecule has 1 aromatic heterocycles. The molecule has 20 heavy (non-hydrogen) atoms. The highest BCUT2D eigenvalue weighted by molar-refractivity contribution is 5.50. The summed E-state index contributed by atoms with van der Waals surface area (Å²) in [5.41, 5.74) is 2.83. The van der Waals surface area contributed by atoms with Gasteiger partial charge in [0.05, 0.1) is 18.2 Å². The lowest BCUT2D eigenvalue weighted by Gasteiger charge is -2.25. The highest BCUT2D eigenvalue weighted by Crippen LogP contribution is 2.30. The molecule has 0 unspecified atom stereocenters. The predicted octanol–water partition coefficient (Wildman–Crippen LogP) is 3.87. The Morgan fingerprint density at radius 3 is 2.85 bits per heavy atom. The van der Waals surface area contributed by atoms with Crippen LogP contribution in [-0.2, 0) is 6.54 Å². The highest BCUT2D eigenvalue weighted by Gasteiger charge is 2.18. The number of nitrogens with one attached hydrogen (secondary N) is 1. The van der Waals surface area contributed by atoms with Crippen molar-refractivity contribution < 1.29 is 0 Å². The summed E-state index contributed by atoms with van der Waals surface area (Å²) in [6, 6.07) is 0. The van der Waals surface area contributed by atoms with E-state index in [1.165, 1.54) is 44.2 Å². The maximum absolute atomic E-state index is 4.29. The molecule has 1 heterocycles. The molecule has 0 radical (unpaired) electrons. The van der Waals surface area contributed by atoms with E-state index < -0.39 is 0 Å². The first kappa shape index (κ1) is 15.3. The van der Waals surface area contributed by atoms with E-state index in [0.29, 0.717) is 0 Å². The zero-order valence-electron chi connectivity index (χ0n) is 13.1. The van der Waals surface area contributed by atoms with Gasteiger partial charge in [0.15, 0.2) is 0 Å². The molecule has 0 aromatic carbocycles. The predicted molar refractivity (Wildman–Crippen MR) is 85.6 cm³/mol. The van der Waals surface area contributed by atoms with Gasteiger partial charge in [-0.25, -0.2) is 4.98 Å². The van der Waals surface area contributed by atoms with Crippen LogP contribution in [0.25, 0.3) is 6.08 Å². The van der Waals surface area contributed by atoms with Gasteiger partial charge in [0.25, 0.3) is 0 Å². The Bertz CT molecular complexity index is 414. The van der Waals surface area contributed by atoms with Crippen molar-refractivity contribution in [2.75, 3.05) is 13.1 Å². The number of imidazole rings is 1. The Labute approximate surface area is 123 Å². The minimum absolute atomic E-state index is 0.772. The van der Waals surface area contributed by atoms with Gasteiger partial charge in [-0.05, 0) is 44.7 Å². The second kappa shape index (κ2) is 8.25. The van der Waals surface area contributed by atoms with Crippen molar-refractivity contribution in [3.05, 3.63) is 23.8 Å². The molecule has 0 saturated heterocycles. The van der Waals surface area contributed by atoms with E-state index in [9.17, 15) is 0 Å². The summed E-state index contributed by atoms with van der Waals surface area (Å²) in [6.45, 7) is 7.54. The maximum atomic E-state index is 4.29. The van der Waals surface area contributed by atoms with Crippen molar-refractivity contribution in [2.24, 2.45) is 5.92 Å². The Balaban J connectivity index is 2.11. The van der Waals surface area contributed by atoms with Crippen LogP contribution in [0.5, 0.6) is 0 Å². The first-order valence-electron chi connectivity index (χ1n) is 8.26. The molecule has 2 rings (SSSR count). The first-order chi connectivity index (χ1) is 9.85. The van der Waals surface area contributed by atoms with Crippen molar-refractivity contribution in [1.29, 1.82) is 0 Å². The third-order valence-corrected chi connectivity index (χ3v) is 4.30. The van der Waals surface area contributed by atoms with Gasteiger partial charge in [-0.15, -0.1) is 0 Å². The van der Waals surface area contributed by atoms with Crippen LogP contribution in [0.4, 0.5) is 0 Å². The summed E-state index contributed by atoms with van der Waals surface area (Å²) in [6.07, 6.45) is 14.4. The van der Waals surface area contributed by atoms with Gasteiger partial charge in [-0.2, -0.15) is 0 Å². The summed E-state index contributed by atoms with van der Waals surface area (Å²) in [4.78, 5) is 4.29. The Hall–Kier alpha value is -1.09. The molecule has 112 valence electrons. The summed E-state index contributed by atoms with van der Waals surface area (Å²) >= 11 is 0. The van der Waals surface area contributed by atoms with E-state index in [0.717, 1.165) is 25.6 Å². The Kier molecular flexibility index (Phi) is 6.31. The third-order valence-electron chi connectivity index (χ3n) is 4.30. The molecule has 1 saturated carbocycles. The van der Waals surface area contributed by atoms with Crippen LogP contribution < -0.4 is 5.32 Å². The average molecular weight is 275 g/mol. The van der Waals surface area contributed by atoms with E-state index in [4.69, 9.17) is 0 Å². The van der Waals surface area contributed by atoms with Crippen molar-refractivity contribution >= 4 is 6.08 Å². The summed E-state index contributed by atoms with van der Waals surface area (Å²) in [5, 5.41) is 3.58. The number of hydrogen-bond donors (Lipinski definition) is 1. The van der Waals surface area contributed by atoms with Gasteiger partial charge < -0.3 is 9.88 Å².